The normalized spacial score (nSPS) is 18.1. The molecule has 0 spiro atoms. The van der Waals surface area contributed by atoms with Crippen LogP contribution in [0.5, 0.6) is 0 Å². The van der Waals surface area contributed by atoms with Gasteiger partial charge in [-0.25, -0.2) is 13.4 Å². The fraction of sp³-hybridized carbons (Fsp3) is 0.375. The van der Waals surface area contributed by atoms with E-state index in [1.165, 1.54) is 5.56 Å². The fourth-order valence-corrected chi connectivity index (χ4v) is 5.72. The predicted molar refractivity (Wildman–Crippen MR) is 127 cm³/mol. The number of hydrogen-bond acceptors (Lipinski definition) is 7. The summed E-state index contributed by atoms with van der Waals surface area (Å²) < 4.78 is 30.8. The lowest BCUT2D eigenvalue weighted by Gasteiger charge is -2.27. The molecule has 0 saturated carbocycles. The summed E-state index contributed by atoms with van der Waals surface area (Å²) in [5, 5.41) is 8.11. The Morgan fingerprint density at radius 3 is 2.78 bits per heavy atom. The number of sulfone groups is 1. The van der Waals surface area contributed by atoms with E-state index in [-0.39, 0.29) is 5.75 Å². The topological polar surface area (TPSA) is 83.6 Å². The molecule has 0 amide bonds. The molecular formula is C24H28N4O3S. The third-order valence-electron chi connectivity index (χ3n) is 6.09. The Balaban J connectivity index is 1.45. The monoisotopic (exact) mass is 452 g/mol. The highest BCUT2D eigenvalue weighted by Crippen LogP contribution is 2.31. The zero-order valence-electron chi connectivity index (χ0n) is 18.2. The minimum Gasteiger partial charge on any atom is -0.383 e. The van der Waals surface area contributed by atoms with Crippen molar-refractivity contribution in [1.82, 2.24) is 10.3 Å². The molecule has 0 unspecified atom stereocenters. The van der Waals surface area contributed by atoms with E-state index in [9.17, 15) is 8.42 Å². The van der Waals surface area contributed by atoms with Crippen molar-refractivity contribution >= 4 is 32.2 Å². The fourth-order valence-electron chi connectivity index (χ4n) is 4.22. The molecule has 3 heterocycles. The average Bonchev–Trinajstić information content (AvgIpc) is 2.88. The first-order valence-electron chi connectivity index (χ1n) is 11.0. The summed E-state index contributed by atoms with van der Waals surface area (Å²) in [4.78, 5) is 7.40. The Morgan fingerprint density at radius 1 is 1.12 bits per heavy atom. The molecule has 0 aliphatic carbocycles. The minimum atomic E-state index is -3.30. The van der Waals surface area contributed by atoms with Gasteiger partial charge in [0.2, 0.25) is 0 Å². The largest absolute Gasteiger partial charge is 0.383 e. The number of benzene rings is 2. The van der Waals surface area contributed by atoms with Crippen molar-refractivity contribution < 1.29 is 13.2 Å². The summed E-state index contributed by atoms with van der Waals surface area (Å²) in [6.45, 7) is 6.18. The van der Waals surface area contributed by atoms with Crippen LogP contribution in [0, 0.1) is 6.92 Å². The lowest BCUT2D eigenvalue weighted by Crippen LogP contribution is -2.47. The third kappa shape index (κ3) is 4.30. The van der Waals surface area contributed by atoms with Gasteiger partial charge < -0.3 is 20.3 Å². The van der Waals surface area contributed by atoms with Gasteiger partial charge >= 0.3 is 0 Å². The predicted octanol–water partition coefficient (Wildman–Crippen LogP) is 2.74. The van der Waals surface area contributed by atoms with Gasteiger partial charge in [0.1, 0.15) is 5.82 Å². The Bertz CT molecular complexity index is 1240. The maximum absolute atomic E-state index is 12.8. The van der Waals surface area contributed by atoms with Crippen molar-refractivity contribution in [2.45, 2.75) is 24.4 Å². The van der Waals surface area contributed by atoms with Gasteiger partial charge in [0, 0.05) is 43.3 Å². The standard InChI is InChI=1S/C24H28N4O3S/c1-17-6-7-21-20(12-17)22(26-9-8-25-19-15-31-16-19)13-24(27-21)28-10-11-32(29,30)23-5-3-2-4-18(23)14-28/h2-7,12-13,19,25H,8-11,14-16H2,1H3,(H,26,27). The van der Waals surface area contributed by atoms with Crippen molar-refractivity contribution in [2.75, 3.05) is 48.8 Å². The quantitative estimate of drug-likeness (QED) is 0.557. The molecule has 2 N–H and O–H groups in total. The number of rotatable bonds is 6. The molecule has 1 saturated heterocycles. The number of pyridine rings is 1. The number of nitrogens with one attached hydrogen (secondary N) is 2. The van der Waals surface area contributed by atoms with E-state index in [2.05, 4.69) is 40.7 Å². The summed E-state index contributed by atoms with van der Waals surface area (Å²) in [5.74, 6) is 0.865. The first-order valence-corrected chi connectivity index (χ1v) is 12.7. The van der Waals surface area contributed by atoms with Crippen LogP contribution in [0.4, 0.5) is 11.5 Å². The summed E-state index contributed by atoms with van der Waals surface area (Å²) in [7, 11) is -3.30. The molecule has 2 aromatic carbocycles. The van der Waals surface area contributed by atoms with Crippen LogP contribution in [0.15, 0.2) is 53.4 Å². The van der Waals surface area contributed by atoms with Crippen molar-refractivity contribution in [1.29, 1.82) is 0 Å². The molecule has 7 nitrogen and oxygen atoms in total. The van der Waals surface area contributed by atoms with Gasteiger partial charge in [-0.1, -0.05) is 29.8 Å². The molecule has 32 heavy (non-hydrogen) atoms. The highest BCUT2D eigenvalue weighted by Gasteiger charge is 2.26. The van der Waals surface area contributed by atoms with Crippen LogP contribution in [0.2, 0.25) is 0 Å². The second-order valence-corrected chi connectivity index (χ2v) is 10.6. The Hall–Kier alpha value is -2.68. The first kappa shape index (κ1) is 21.2. The van der Waals surface area contributed by atoms with Gasteiger partial charge in [0.05, 0.1) is 35.4 Å². The molecule has 5 rings (SSSR count). The van der Waals surface area contributed by atoms with Gasteiger partial charge in [-0.15, -0.1) is 0 Å². The lowest BCUT2D eigenvalue weighted by atomic mass is 10.1. The van der Waals surface area contributed by atoms with Crippen LogP contribution < -0.4 is 15.5 Å². The number of aryl methyl sites for hydroxylation is 1. The van der Waals surface area contributed by atoms with Crippen LogP contribution in [-0.2, 0) is 21.1 Å². The van der Waals surface area contributed by atoms with E-state index in [4.69, 9.17) is 9.72 Å². The minimum absolute atomic E-state index is 0.0772. The lowest BCUT2D eigenvalue weighted by molar-refractivity contribution is -0.00433. The van der Waals surface area contributed by atoms with Gasteiger partial charge in [-0.05, 0) is 30.7 Å². The molecule has 0 atom stereocenters. The second-order valence-electron chi connectivity index (χ2n) is 8.51. The molecule has 0 bridgehead atoms. The van der Waals surface area contributed by atoms with Crippen molar-refractivity contribution in [3.8, 4) is 0 Å². The molecule has 3 aromatic rings. The molecule has 1 fully saturated rings. The van der Waals surface area contributed by atoms with Crippen molar-refractivity contribution in [3.63, 3.8) is 0 Å². The number of fused-ring (bicyclic) bond motifs is 2. The number of anilines is 2. The average molecular weight is 453 g/mol. The highest BCUT2D eigenvalue weighted by atomic mass is 32.2. The maximum atomic E-state index is 12.8. The van der Waals surface area contributed by atoms with E-state index in [1.54, 1.807) is 12.1 Å². The van der Waals surface area contributed by atoms with E-state index in [0.717, 1.165) is 54.3 Å². The van der Waals surface area contributed by atoms with Gasteiger partial charge in [0.15, 0.2) is 9.84 Å². The Morgan fingerprint density at radius 2 is 1.97 bits per heavy atom. The summed E-state index contributed by atoms with van der Waals surface area (Å²) in [6, 6.07) is 16.0. The maximum Gasteiger partial charge on any atom is 0.180 e. The number of ether oxygens (including phenoxy) is 1. The summed E-state index contributed by atoms with van der Waals surface area (Å²) >= 11 is 0. The van der Waals surface area contributed by atoms with Crippen LogP contribution in [0.25, 0.3) is 10.9 Å². The molecule has 2 aliphatic heterocycles. The van der Waals surface area contributed by atoms with Gasteiger partial charge in [0.25, 0.3) is 0 Å². The van der Waals surface area contributed by atoms with E-state index in [1.807, 2.05) is 18.2 Å². The van der Waals surface area contributed by atoms with E-state index >= 15 is 0 Å². The summed E-state index contributed by atoms with van der Waals surface area (Å²) in [6.07, 6.45) is 0. The molecule has 168 valence electrons. The van der Waals surface area contributed by atoms with Crippen molar-refractivity contribution in [2.24, 2.45) is 0 Å². The first-order chi connectivity index (χ1) is 15.5. The van der Waals surface area contributed by atoms with Gasteiger partial charge in [-0.3, -0.25) is 0 Å². The number of nitrogens with zero attached hydrogens (tertiary/aromatic N) is 2. The van der Waals surface area contributed by atoms with E-state index < -0.39 is 9.84 Å². The molecule has 2 aliphatic rings. The summed E-state index contributed by atoms with van der Waals surface area (Å²) in [5.41, 5.74) is 3.91. The molecule has 0 radical (unpaired) electrons. The smallest absolute Gasteiger partial charge is 0.180 e. The number of aromatic nitrogens is 1. The Kier molecular flexibility index (Phi) is 5.75. The third-order valence-corrected chi connectivity index (χ3v) is 7.87. The van der Waals surface area contributed by atoms with Crippen molar-refractivity contribution in [3.05, 3.63) is 59.7 Å². The highest BCUT2D eigenvalue weighted by molar-refractivity contribution is 7.91. The van der Waals surface area contributed by atoms with Crippen LogP contribution in [0.3, 0.4) is 0 Å². The molecule has 1 aromatic heterocycles. The van der Waals surface area contributed by atoms with E-state index in [0.29, 0.717) is 24.0 Å². The molecule has 8 heteroatoms. The molecular weight excluding hydrogens is 424 g/mol. The SMILES string of the molecule is Cc1ccc2nc(N3CCS(=O)(=O)c4ccccc4C3)cc(NCCNC3COC3)c2c1. The van der Waals surface area contributed by atoms with Crippen LogP contribution >= 0.6 is 0 Å². The van der Waals surface area contributed by atoms with Gasteiger partial charge in [-0.2, -0.15) is 0 Å². The van der Waals surface area contributed by atoms with Crippen LogP contribution in [0.1, 0.15) is 11.1 Å². The number of hydrogen-bond donors (Lipinski definition) is 2. The zero-order valence-corrected chi connectivity index (χ0v) is 19.0. The van der Waals surface area contributed by atoms with Crippen LogP contribution in [-0.4, -0.2) is 58.0 Å². The Labute approximate surface area is 188 Å². The zero-order chi connectivity index (χ0) is 22.1. The second kappa shape index (κ2) is 8.69.